The fraction of sp³-hybridized carbons (Fsp3) is 0.831. The van der Waals surface area contributed by atoms with Crippen molar-refractivity contribution in [3.05, 3.63) is 60.8 Å². The first-order chi connectivity index (χ1) is 41.0. The average molecular weight is 1160 g/mol. The molecule has 0 saturated heterocycles. The van der Waals surface area contributed by atoms with E-state index in [1.165, 1.54) is 257 Å². The van der Waals surface area contributed by atoms with Crippen molar-refractivity contribution in [3.63, 3.8) is 0 Å². The highest BCUT2D eigenvalue weighted by molar-refractivity contribution is 5.71. The Morgan fingerprint density at radius 2 is 0.470 bits per heavy atom. The Kier molecular flexibility index (Phi) is 69.1. The summed E-state index contributed by atoms with van der Waals surface area (Å²) < 4.78 is 17.0. The van der Waals surface area contributed by atoms with E-state index in [0.29, 0.717) is 19.3 Å². The van der Waals surface area contributed by atoms with Gasteiger partial charge < -0.3 is 14.2 Å². The number of ether oxygens (including phenoxy) is 3. The van der Waals surface area contributed by atoms with E-state index in [1.54, 1.807) is 0 Å². The molecular weight excluding hydrogens is 1020 g/mol. The predicted molar refractivity (Wildman–Crippen MR) is 362 cm³/mol. The molecule has 0 aromatic carbocycles. The lowest BCUT2D eigenvalue weighted by atomic mass is 10.0. The second-order valence-corrected chi connectivity index (χ2v) is 24.8. The summed E-state index contributed by atoms with van der Waals surface area (Å²) in [6.07, 6.45) is 92.5. The molecule has 83 heavy (non-hydrogen) atoms. The van der Waals surface area contributed by atoms with E-state index >= 15 is 0 Å². The van der Waals surface area contributed by atoms with E-state index in [9.17, 15) is 14.4 Å². The van der Waals surface area contributed by atoms with Crippen LogP contribution in [0.3, 0.4) is 0 Å². The molecule has 0 aliphatic heterocycles. The molecule has 6 nitrogen and oxygen atoms in total. The molecule has 0 aromatic heterocycles. The van der Waals surface area contributed by atoms with Gasteiger partial charge in [-0.1, -0.05) is 370 Å². The van der Waals surface area contributed by atoms with Gasteiger partial charge in [-0.05, 0) is 64.2 Å². The third-order valence-electron chi connectivity index (χ3n) is 16.5. The molecule has 0 saturated carbocycles. The predicted octanol–water partition coefficient (Wildman–Crippen LogP) is 25.5. The van der Waals surface area contributed by atoms with Gasteiger partial charge in [-0.15, -0.1) is 0 Å². The first-order valence-electron chi connectivity index (χ1n) is 36.8. The van der Waals surface area contributed by atoms with Crippen LogP contribution in [0.1, 0.15) is 393 Å². The van der Waals surface area contributed by atoms with Crippen molar-refractivity contribution < 1.29 is 28.6 Å². The zero-order chi connectivity index (χ0) is 59.9. The number of esters is 3. The summed E-state index contributed by atoms with van der Waals surface area (Å²) in [6, 6.07) is 0. The molecular formula is C77H140O6. The Hall–Kier alpha value is -2.89. The fourth-order valence-electron chi connectivity index (χ4n) is 11.1. The van der Waals surface area contributed by atoms with Crippen molar-refractivity contribution >= 4 is 17.9 Å². The first kappa shape index (κ1) is 80.1. The van der Waals surface area contributed by atoms with Crippen molar-refractivity contribution in [1.82, 2.24) is 0 Å². The Morgan fingerprint density at radius 3 is 0.735 bits per heavy atom. The highest BCUT2D eigenvalue weighted by atomic mass is 16.6. The van der Waals surface area contributed by atoms with Crippen LogP contribution in [0.5, 0.6) is 0 Å². The molecule has 0 aliphatic carbocycles. The number of allylic oxidation sites excluding steroid dienone is 10. The maximum atomic E-state index is 13.0. The van der Waals surface area contributed by atoms with Gasteiger partial charge in [-0.2, -0.15) is 0 Å². The lowest BCUT2D eigenvalue weighted by Crippen LogP contribution is -2.30. The molecule has 0 amide bonds. The Labute approximate surface area is 517 Å². The number of rotatable bonds is 68. The van der Waals surface area contributed by atoms with Crippen molar-refractivity contribution in [1.29, 1.82) is 0 Å². The lowest BCUT2D eigenvalue weighted by molar-refractivity contribution is -0.167. The monoisotopic (exact) mass is 1160 g/mol. The molecule has 0 rings (SSSR count). The summed E-state index contributed by atoms with van der Waals surface area (Å²) in [6.45, 7) is 6.60. The first-order valence-corrected chi connectivity index (χ1v) is 36.8. The number of hydrogen-bond acceptors (Lipinski definition) is 6. The van der Waals surface area contributed by atoms with Gasteiger partial charge in [0.05, 0.1) is 0 Å². The minimum Gasteiger partial charge on any atom is -0.462 e. The SMILES string of the molecule is CC/C=C\C/C=C\C/C=C\C/C=C\C/C=C\CCCCCCCCCC(=O)OCC(COC(=O)CCCCCCCCCCCCCCCCCCCCCCC)OC(=O)CCCCCCCCCCCCCCCCCCCCCCC. The van der Waals surface area contributed by atoms with E-state index in [0.717, 1.165) is 96.3 Å². The van der Waals surface area contributed by atoms with Crippen molar-refractivity contribution in [2.75, 3.05) is 13.2 Å². The van der Waals surface area contributed by atoms with Crippen molar-refractivity contribution in [2.24, 2.45) is 0 Å². The number of unbranched alkanes of at least 4 members (excludes halogenated alkanes) is 47. The average Bonchev–Trinajstić information content (AvgIpc) is 3.49. The molecule has 0 bridgehead atoms. The highest BCUT2D eigenvalue weighted by Gasteiger charge is 2.19. The van der Waals surface area contributed by atoms with Gasteiger partial charge >= 0.3 is 17.9 Å². The smallest absolute Gasteiger partial charge is 0.306 e. The molecule has 0 fully saturated rings. The zero-order valence-electron chi connectivity index (χ0n) is 55.7. The van der Waals surface area contributed by atoms with E-state index in [4.69, 9.17) is 14.2 Å². The number of hydrogen-bond donors (Lipinski definition) is 0. The van der Waals surface area contributed by atoms with Gasteiger partial charge in [0, 0.05) is 19.3 Å². The van der Waals surface area contributed by atoms with Crippen LogP contribution in [0.15, 0.2) is 60.8 Å². The van der Waals surface area contributed by atoms with Gasteiger partial charge in [0.1, 0.15) is 13.2 Å². The topological polar surface area (TPSA) is 78.9 Å². The third kappa shape index (κ3) is 69.8. The summed E-state index contributed by atoms with van der Waals surface area (Å²) in [7, 11) is 0. The quantitative estimate of drug-likeness (QED) is 0.0261. The Morgan fingerprint density at radius 1 is 0.253 bits per heavy atom. The lowest BCUT2D eigenvalue weighted by Gasteiger charge is -2.18. The highest BCUT2D eigenvalue weighted by Crippen LogP contribution is 2.19. The minimum absolute atomic E-state index is 0.0719. The van der Waals surface area contributed by atoms with Crippen LogP contribution in [0, 0.1) is 0 Å². The normalized spacial score (nSPS) is 12.4. The zero-order valence-corrected chi connectivity index (χ0v) is 55.7. The largest absolute Gasteiger partial charge is 0.462 e. The van der Waals surface area contributed by atoms with Crippen LogP contribution in [0.4, 0.5) is 0 Å². The summed E-state index contributed by atoms with van der Waals surface area (Å²) in [5.41, 5.74) is 0. The third-order valence-corrected chi connectivity index (χ3v) is 16.5. The standard InChI is InChI=1S/C77H140O6/c1-4-7-10-13-16-19-22-25-28-31-34-37-38-41-43-46-49-52-55-58-61-64-67-70-76(79)82-73-74(83-77(80)71-68-65-62-59-56-53-50-47-44-40-36-33-30-27-24-21-18-15-12-9-6-3)72-81-75(78)69-66-63-60-57-54-51-48-45-42-39-35-32-29-26-23-20-17-14-11-8-5-2/h7,10,16,19,25,28,34,37,41,43,74H,4-6,8-9,11-15,17-18,20-24,26-27,29-33,35-36,38-40,42,44-73H2,1-3H3/b10-7-,19-16-,28-25-,37-34-,43-41-. The van der Waals surface area contributed by atoms with E-state index in [2.05, 4.69) is 81.5 Å². The van der Waals surface area contributed by atoms with Crippen molar-refractivity contribution in [2.45, 2.75) is 399 Å². The molecule has 0 spiro atoms. The summed E-state index contributed by atoms with van der Waals surface area (Å²) in [5, 5.41) is 0. The van der Waals surface area contributed by atoms with Gasteiger partial charge in [0.2, 0.25) is 0 Å². The van der Waals surface area contributed by atoms with Crippen LogP contribution < -0.4 is 0 Å². The second-order valence-electron chi connectivity index (χ2n) is 24.8. The molecule has 484 valence electrons. The molecule has 6 heteroatoms. The number of carbonyl (C=O) groups is 3. The molecule has 0 heterocycles. The van der Waals surface area contributed by atoms with Crippen LogP contribution >= 0.6 is 0 Å². The molecule has 0 aromatic rings. The molecule has 1 unspecified atom stereocenters. The van der Waals surface area contributed by atoms with Crippen molar-refractivity contribution in [3.8, 4) is 0 Å². The molecule has 1 atom stereocenters. The number of carbonyl (C=O) groups excluding carboxylic acids is 3. The second kappa shape index (κ2) is 71.6. The van der Waals surface area contributed by atoms with E-state index in [-0.39, 0.29) is 31.1 Å². The van der Waals surface area contributed by atoms with Gasteiger partial charge in [-0.3, -0.25) is 14.4 Å². The Balaban J connectivity index is 4.34. The van der Waals surface area contributed by atoms with Gasteiger partial charge in [0.25, 0.3) is 0 Å². The van der Waals surface area contributed by atoms with Crippen LogP contribution in [-0.2, 0) is 28.6 Å². The molecule has 0 N–H and O–H groups in total. The van der Waals surface area contributed by atoms with Gasteiger partial charge in [0.15, 0.2) is 6.10 Å². The maximum Gasteiger partial charge on any atom is 0.306 e. The minimum atomic E-state index is -0.778. The summed E-state index contributed by atoms with van der Waals surface area (Å²) >= 11 is 0. The maximum absolute atomic E-state index is 13.0. The Bertz CT molecular complexity index is 1470. The molecule has 0 aliphatic rings. The van der Waals surface area contributed by atoms with E-state index in [1.807, 2.05) is 0 Å². The molecule has 0 radical (unpaired) electrons. The fourth-order valence-corrected chi connectivity index (χ4v) is 11.1. The van der Waals surface area contributed by atoms with Gasteiger partial charge in [-0.25, -0.2) is 0 Å². The van der Waals surface area contributed by atoms with E-state index < -0.39 is 6.10 Å². The summed E-state index contributed by atoms with van der Waals surface area (Å²) in [4.78, 5) is 38.6. The van der Waals surface area contributed by atoms with Crippen LogP contribution in [0.25, 0.3) is 0 Å². The van der Waals surface area contributed by atoms with Crippen LogP contribution in [-0.4, -0.2) is 37.2 Å². The van der Waals surface area contributed by atoms with Crippen LogP contribution in [0.2, 0.25) is 0 Å². The summed E-state index contributed by atoms with van der Waals surface area (Å²) in [5.74, 6) is -0.853.